The molecule has 0 saturated heterocycles. The number of hydrogen-bond acceptors (Lipinski definition) is 4. The van der Waals surface area contributed by atoms with Crippen LogP contribution < -0.4 is 10.2 Å². The zero-order chi connectivity index (χ0) is 18.1. The van der Waals surface area contributed by atoms with Crippen LogP contribution in [0.25, 0.3) is 0 Å². The topological polar surface area (TPSA) is 78.9 Å². The predicted octanol–water partition coefficient (Wildman–Crippen LogP) is 2.26. The van der Waals surface area contributed by atoms with Gasteiger partial charge in [-0.15, -0.1) is 0 Å². The molecule has 1 aliphatic carbocycles. The van der Waals surface area contributed by atoms with Crippen molar-refractivity contribution in [1.29, 1.82) is 0 Å². The predicted molar refractivity (Wildman–Crippen MR) is 94.0 cm³/mol. The van der Waals surface area contributed by atoms with Gasteiger partial charge >= 0.3 is 0 Å². The second-order valence-corrected chi connectivity index (χ2v) is 6.79. The van der Waals surface area contributed by atoms with Crippen molar-refractivity contribution >= 4 is 11.8 Å². The smallest absolute Gasteiger partial charge is 0.274 e. The number of fused-ring (bicyclic) bond motifs is 1. The fraction of sp³-hybridized carbons (Fsp3) is 0.300. The fourth-order valence-electron chi connectivity index (χ4n) is 3.56. The van der Waals surface area contributed by atoms with Crippen molar-refractivity contribution in [3.8, 4) is 5.75 Å². The van der Waals surface area contributed by atoms with Gasteiger partial charge in [-0.05, 0) is 30.5 Å². The third kappa shape index (κ3) is 2.82. The van der Waals surface area contributed by atoms with Gasteiger partial charge in [0.15, 0.2) is 0 Å². The van der Waals surface area contributed by atoms with Gasteiger partial charge in [-0.2, -0.15) is 0 Å². The Morgan fingerprint density at radius 3 is 2.58 bits per heavy atom. The Bertz CT molecular complexity index is 846. The van der Waals surface area contributed by atoms with Gasteiger partial charge in [0, 0.05) is 17.7 Å². The van der Waals surface area contributed by atoms with Crippen LogP contribution in [0.15, 0.2) is 48.5 Å². The lowest BCUT2D eigenvalue weighted by atomic mass is 9.94. The SMILES string of the molecule is O=C(NO)c1ccc2c(c1)OCCN(C(=O)C1(c3ccccc3)CC1)C2. The largest absolute Gasteiger partial charge is 0.491 e. The minimum atomic E-state index is -0.588. The molecule has 0 spiro atoms. The van der Waals surface area contributed by atoms with Gasteiger partial charge in [0.2, 0.25) is 5.91 Å². The zero-order valence-electron chi connectivity index (χ0n) is 14.3. The Morgan fingerprint density at radius 1 is 1.12 bits per heavy atom. The molecule has 0 unspecified atom stereocenters. The van der Waals surface area contributed by atoms with Crippen LogP contribution >= 0.6 is 0 Å². The number of hydroxylamine groups is 1. The molecule has 2 amide bonds. The summed E-state index contributed by atoms with van der Waals surface area (Å²) in [7, 11) is 0. The second-order valence-electron chi connectivity index (χ2n) is 6.79. The van der Waals surface area contributed by atoms with E-state index in [2.05, 4.69) is 0 Å². The van der Waals surface area contributed by atoms with E-state index in [1.165, 1.54) is 0 Å². The summed E-state index contributed by atoms with van der Waals surface area (Å²) in [5.74, 6) is 0.123. The molecule has 2 N–H and O–H groups in total. The number of nitrogens with zero attached hydrogens (tertiary/aromatic N) is 1. The molecule has 134 valence electrons. The minimum Gasteiger partial charge on any atom is -0.491 e. The van der Waals surface area contributed by atoms with Gasteiger partial charge in [-0.25, -0.2) is 5.48 Å². The summed E-state index contributed by atoms with van der Waals surface area (Å²) in [6.45, 7) is 1.32. The van der Waals surface area contributed by atoms with Crippen LogP contribution in [0.4, 0.5) is 0 Å². The molecule has 2 aromatic carbocycles. The first kappa shape index (κ1) is 16.6. The van der Waals surface area contributed by atoms with Gasteiger partial charge in [0.1, 0.15) is 12.4 Å². The third-order valence-electron chi connectivity index (χ3n) is 5.18. The zero-order valence-corrected chi connectivity index (χ0v) is 14.3. The van der Waals surface area contributed by atoms with E-state index in [1.54, 1.807) is 23.7 Å². The molecule has 6 nitrogen and oxygen atoms in total. The number of benzene rings is 2. The summed E-state index contributed by atoms with van der Waals surface area (Å²) in [6.07, 6.45) is 1.74. The molecule has 1 heterocycles. The maximum Gasteiger partial charge on any atom is 0.274 e. The van der Waals surface area contributed by atoms with E-state index in [-0.39, 0.29) is 5.91 Å². The van der Waals surface area contributed by atoms with Crippen LogP contribution in [-0.2, 0) is 16.8 Å². The molecule has 26 heavy (non-hydrogen) atoms. The number of rotatable bonds is 3. The fourth-order valence-corrected chi connectivity index (χ4v) is 3.56. The highest BCUT2D eigenvalue weighted by Crippen LogP contribution is 2.49. The Kier molecular flexibility index (Phi) is 4.12. The minimum absolute atomic E-state index is 0.136. The molecular formula is C20H20N2O4. The number of nitrogens with one attached hydrogen (secondary N) is 1. The molecular weight excluding hydrogens is 332 g/mol. The van der Waals surface area contributed by atoms with Gasteiger partial charge in [-0.1, -0.05) is 36.4 Å². The van der Waals surface area contributed by atoms with Crippen molar-refractivity contribution in [3.05, 3.63) is 65.2 Å². The van der Waals surface area contributed by atoms with Crippen LogP contribution in [0.2, 0.25) is 0 Å². The number of carbonyl (C=O) groups is 2. The Morgan fingerprint density at radius 2 is 1.88 bits per heavy atom. The van der Waals surface area contributed by atoms with Crippen LogP contribution in [0.3, 0.4) is 0 Å². The van der Waals surface area contributed by atoms with Gasteiger partial charge in [0.05, 0.1) is 12.0 Å². The molecule has 2 aliphatic rings. The standard InChI is InChI=1S/C20H20N2O4/c23-18(21-25)14-6-7-15-13-22(10-11-26-17(15)12-14)19(24)20(8-9-20)16-4-2-1-3-5-16/h1-7,12,25H,8-11,13H2,(H,21,23). The summed E-state index contributed by atoms with van der Waals surface area (Å²) < 4.78 is 5.75. The quantitative estimate of drug-likeness (QED) is 0.656. The number of hydrogen-bond donors (Lipinski definition) is 2. The monoisotopic (exact) mass is 352 g/mol. The van der Waals surface area contributed by atoms with Crippen molar-refractivity contribution in [1.82, 2.24) is 10.4 Å². The Labute approximate surface area is 151 Å². The lowest BCUT2D eigenvalue weighted by molar-refractivity contribution is -0.134. The molecule has 2 aromatic rings. The Balaban J connectivity index is 1.58. The van der Waals surface area contributed by atoms with E-state index in [1.807, 2.05) is 35.2 Å². The Hall–Kier alpha value is -2.86. The van der Waals surface area contributed by atoms with Gasteiger partial charge in [0.25, 0.3) is 5.91 Å². The summed E-state index contributed by atoms with van der Waals surface area (Å²) in [5.41, 5.74) is 3.46. The molecule has 1 aliphatic heterocycles. The highest BCUT2D eigenvalue weighted by molar-refractivity contribution is 5.94. The lowest BCUT2D eigenvalue weighted by Gasteiger charge is -2.26. The van der Waals surface area contributed by atoms with Gasteiger partial charge < -0.3 is 9.64 Å². The highest BCUT2D eigenvalue weighted by Gasteiger charge is 2.53. The van der Waals surface area contributed by atoms with Crippen molar-refractivity contribution in [2.45, 2.75) is 24.8 Å². The molecule has 1 fully saturated rings. The van der Waals surface area contributed by atoms with E-state index in [9.17, 15) is 9.59 Å². The maximum atomic E-state index is 13.2. The van der Waals surface area contributed by atoms with Gasteiger partial charge in [-0.3, -0.25) is 14.8 Å². The number of amides is 2. The van der Waals surface area contributed by atoms with E-state index in [0.29, 0.717) is 31.0 Å². The van der Waals surface area contributed by atoms with Crippen LogP contribution in [-0.4, -0.2) is 35.1 Å². The summed E-state index contributed by atoms with van der Waals surface area (Å²) in [4.78, 5) is 26.7. The molecule has 6 heteroatoms. The van der Waals surface area contributed by atoms with Crippen molar-refractivity contribution < 1.29 is 19.5 Å². The average Bonchev–Trinajstić information content (AvgIpc) is 3.51. The molecule has 0 bridgehead atoms. The van der Waals surface area contributed by atoms with E-state index in [4.69, 9.17) is 9.94 Å². The molecule has 1 saturated carbocycles. The second kappa shape index (κ2) is 6.46. The lowest BCUT2D eigenvalue weighted by Crippen LogP contribution is -2.40. The molecule has 0 aromatic heterocycles. The van der Waals surface area contributed by atoms with E-state index in [0.717, 1.165) is 24.0 Å². The van der Waals surface area contributed by atoms with E-state index < -0.39 is 11.3 Å². The van der Waals surface area contributed by atoms with Crippen molar-refractivity contribution in [2.24, 2.45) is 0 Å². The molecule has 0 radical (unpaired) electrons. The average molecular weight is 352 g/mol. The van der Waals surface area contributed by atoms with E-state index >= 15 is 0 Å². The first-order chi connectivity index (χ1) is 12.6. The van der Waals surface area contributed by atoms with Crippen LogP contribution in [0.5, 0.6) is 5.75 Å². The molecule has 0 atom stereocenters. The third-order valence-corrected chi connectivity index (χ3v) is 5.18. The first-order valence-corrected chi connectivity index (χ1v) is 8.69. The van der Waals surface area contributed by atoms with Crippen LogP contribution in [0, 0.1) is 0 Å². The highest BCUT2D eigenvalue weighted by atomic mass is 16.5. The number of carbonyl (C=O) groups excluding carboxylic acids is 2. The summed E-state index contributed by atoms with van der Waals surface area (Å²) in [5, 5.41) is 8.77. The normalized spacial score (nSPS) is 17.5. The van der Waals surface area contributed by atoms with Crippen molar-refractivity contribution in [3.63, 3.8) is 0 Å². The molecule has 4 rings (SSSR count). The number of ether oxygens (including phenoxy) is 1. The van der Waals surface area contributed by atoms with Crippen LogP contribution in [0.1, 0.15) is 34.3 Å². The first-order valence-electron chi connectivity index (χ1n) is 8.69. The maximum absolute atomic E-state index is 13.2. The van der Waals surface area contributed by atoms with Crippen molar-refractivity contribution in [2.75, 3.05) is 13.2 Å². The summed E-state index contributed by atoms with van der Waals surface area (Å²) in [6, 6.07) is 14.9. The summed E-state index contributed by atoms with van der Waals surface area (Å²) >= 11 is 0.